The van der Waals surface area contributed by atoms with Gasteiger partial charge in [-0.1, -0.05) is 0 Å². The van der Waals surface area contributed by atoms with Gasteiger partial charge in [-0.3, -0.25) is 10.1 Å². The fourth-order valence-electron chi connectivity index (χ4n) is 2.40. The Kier molecular flexibility index (Phi) is 5.11. The highest BCUT2D eigenvalue weighted by molar-refractivity contribution is 5.43. The zero-order valence-corrected chi connectivity index (χ0v) is 12.3. The SMILES string of the molecule is COc1ccc([N+](=O)[O-])cc1CNCC1(OC)CCOC1. The second-order valence-corrected chi connectivity index (χ2v) is 5.05. The molecule has 1 N–H and O–H groups in total. The third-order valence-electron chi connectivity index (χ3n) is 3.74. The molecule has 1 saturated heterocycles. The summed E-state index contributed by atoms with van der Waals surface area (Å²) in [6.45, 7) is 2.34. The predicted molar refractivity (Wildman–Crippen MR) is 76.5 cm³/mol. The Hall–Kier alpha value is -1.70. The molecule has 0 bridgehead atoms. The van der Waals surface area contributed by atoms with E-state index in [-0.39, 0.29) is 11.3 Å². The number of hydrogen-bond acceptors (Lipinski definition) is 6. The van der Waals surface area contributed by atoms with Crippen molar-refractivity contribution in [1.82, 2.24) is 5.32 Å². The zero-order chi connectivity index (χ0) is 15.3. The summed E-state index contributed by atoms with van der Waals surface area (Å²) in [5.41, 5.74) is 0.489. The van der Waals surface area contributed by atoms with Crippen LogP contribution in [0.5, 0.6) is 5.75 Å². The maximum absolute atomic E-state index is 10.8. The highest BCUT2D eigenvalue weighted by atomic mass is 16.6. The molecule has 21 heavy (non-hydrogen) atoms. The molecular weight excluding hydrogens is 276 g/mol. The molecule has 1 fully saturated rings. The first-order chi connectivity index (χ1) is 10.1. The Bertz CT molecular complexity index is 500. The van der Waals surface area contributed by atoms with Crippen LogP contribution < -0.4 is 10.1 Å². The number of nitrogens with zero attached hydrogens (tertiary/aromatic N) is 1. The molecule has 2 rings (SSSR count). The fraction of sp³-hybridized carbons (Fsp3) is 0.571. The van der Waals surface area contributed by atoms with Crippen molar-refractivity contribution in [2.75, 3.05) is 34.0 Å². The number of nitrogens with one attached hydrogen (secondary N) is 1. The minimum atomic E-state index is -0.412. The molecular formula is C14H20N2O5. The molecule has 0 radical (unpaired) electrons. The van der Waals surface area contributed by atoms with E-state index in [1.165, 1.54) is 12.1 Å². The number of non-ortho nitro benzene ring substituents is 1. The van der Waals surface area contributed by atoms with E-state index < -0.39 is 4.92 Å². The van der Waals surface area contributed by atoms with Crippen LogP contribution in [0.25, 0.3) is 0 Å². The lowest BCUT2D eigenvalue weighted by atomic mass is 10.0. The van der Waals surface area contributed by atoms with Crippen molar-refractivity contribution in [2.24, 2.45) is 0 Å². The Balaban J connectivity index is 2.01. The van der Waals surface area contributed by atoms with Gasteiger partial charge >= 0.3 is 0 Å². The van der Waals surface area contributed by atoms with Gasteiger partial charge in [0.1, 0.15) is 11.4 Å². The van der Waals surface area contributed by atoms with E-state index in [0.29, 0.717) is 32.1 Å². The molecule has 0 aliphatic carbocycles. The van der Waals surface area contributed by atoms with Crippen molar-refractivity contribution in [3.63, 3.8) is 0 Å². The molecule has 0 aromatic heterocycles. The standard InChI is InChI=1S/C14H20N2O5/c1-19-13-4-3-12(16(17)18)7-11(13)8-15-9-14(20-2)5-6-21-10-14/h3-4,7,15H,5-6,8-10H2,1-2H3. The molecule has 1 aromatic rings. The number of benzene rings is 1. The van der Waals surface area contributed by atoms with E-state index in [1.54, 1.807) is 20.3 Å². The Labute approximate surface area is 123 Å². The minimum Gasteiger partial charge on any atom is -0.496 e. The van der Waals surface area contributed by atoms with Gasteiger partial charge in [-0.05, 0) is 6.07 Å². The Morgan fingerprint density at radius 2 is 2.29 bits per heavy atom. The van der Waals surface area contributed by atoms with Gasteiger partial charge in [0.15, 0.2) is 0 Å². The molecule has 7 nitrogen and oxygen atoms in total. The first-order valence-electron chi connectivity index (χ1n) is 6.75. The molecule has 1 heterocycles. The summed E-state index contributed by atoms with van der Waals surface area (Å²) >= 11 is 0. The van der Waals surface area contributed by atoms with Gasteiger partial charge in [0.05, 0.1) is 18.6 Å². The second-order valence-electron chi connectivity index (χ2n) is 5.05. The summed E-state index contributed by atoms with van der Waals surface area (Å²) in [6.07, 6.45) is 0.836. The Morgan fingerprint density at radius 3 is 2.86 bits per heavy atom. The highest BCUT2D eigenvalue weighted by Gasteiger charge is 2.34. The van der Waals surface area contributed by atoms with E-state index in [2.05, 4.69) is 5.32 Å². The average molecular weight is 296 g/mol. The van der Waals surface area contributed by atoms with Gasteiger partial charge in [-0.25, -0.2) is 0 Å². The minimum absolute atomic E-state index is 0.0539. The van der Waals surface area contributed by atoms with E-state index >= 15 is 0 Å². The van der Waals surface area contributed by atoms with Crippen LogP contribution in [-0.2, 0) is 16.0 Å². The zero-order valence-electron chi connectivity index (χ0n) is 12.3. The summed E-state index contributed by atoms with van der Waals surface area (Å²) in [4.78, 5) is 10.4. The second kappa shape index (κ2) is 6.84. The van der Waals surface area contributed by atoms with Crippen LogP contribution >= 0.6 is 0 Å². The summed E-state index contributed by atoms with van der Waals surface area (Å²) < 4.78 is 16.1. The topological polar surface area (TPSA) is 82.9 Å². The maximum atomic E-state index is 10.8. The fourth-order valence-corrected chi connectivity index (χ4v) is 2.40. The largest absolute Gasteiger partial charge is 0.496 e. The smallest absolute Gasteiger partial charge is 0.270 e. The van der Waals surface area contributed by atoms with Crippen LogP contribution in [0.15, 0.2) is 18.2 Å². The molecule has 7 heteroatoms. The number of ether oxygens (including phenoxy) is 3. The third-order valence-corrected chi connectivity index (χ3v) is 3.74. The summed E-state index contributed by atoms with van der Waals surface area (Å²) in [6, 6.07) is 4.57. The molecule has 1 unspecified atom stereocenters. The lowest BCUT2D eigenvalue weighted by Crippen LogP contribution is -2.42. The van der Waals surface area contributed by atoms with Gasteiger partial charge in [-0.2, -0.15) is 0 Å². The van der Waals surface area contributed by atoms with Crippen molar-refractivity contribution < 1.29 is 19.1 Å². The van der Waals surface area contributed by atoms with Gasteiger partial charge < -0.3 is 19.5 Å². The van der Waals surface area contributed by atoms with E-state index in [0.717, 1.165) is 12.0 Å². The first kappa shape index (κ1) is 15.7. The summed E-state index contributed by atoms with van der Waals surface area (Å²) in [5, 5.41) is 14.1. The normalized spacial score (nSPS) is 21.4. The molecule has 0 spiro atoms. The van der Waals surface area contributed by atoms with Gasteiger partial charge in [-0.15, -0.1) is 0 Å². The van der Waals surface area contributed by atoms with Crippen LogP contribution in [0.3, 0.4) is 0 Å². The lowest BCUT2D eigenvalue weighted by Gasteiger charge is -2.26. The molecule has 0 amide bonds. The predicted octanol–water partition coefficient (Wildman–Crippen LogP) is 1.50. The summed E-state index contributed by atoms with van der Waals surface area (Å²) in [5.74, 6) is 0.627. The molecule has 1 atom stereocenters. The number of nitro benzene ring substituents is 1. The van der Waals surface area contributed by atoms with Crippen molar-refractivity contribution >= 4 is 5.69 Å². The first-order valence-corrected chi connectivity index (χ1v) is 6.75. The molecule has 1 aliphatic rings. The van der Waals surface area contributed by atoms with Crippen LogP contribution in [0.4, 0.5) is 5.69 Å². The van der Waals surface area contributed by atoms with Crippen molar-refractivity contribution in [2.45, 2.75) is 18.6 Å². The molecule has 1 aromatic carbocycles. The van der Waals surface area contributed by atoms with Gasteiger partial charge in [0, 0.05) is 50.9 Å². The van der Waals surface area contributed by atoms with E-state index in [4.69, 9.17) is 14.2 Å². The van der Waals surface area contributed by atoms with Crippen LogP contribution in [-0.4, -0.2) is 44.5 Å². The third kappa shape index (κ3) is 3.69. The maximum Gasteiger partial charge on any atom is 0.270 e. The average Bonchev–Trinajstić information content (AvgIpc) is 2.96. The van der Waals surface area contributed by atoms with Crippen LogP contribution in [0.1, 0.15) is 12.0 Å². The van der Waals surface area contributed by atoms with Crippen LogP contribution in [0, 0.1) is 10.1 Å². The van der Waals surface area contributed by atoms with Crippen molar-refractivity contribution in [3.05, 3.63) is 33.9 Å². The molecule has 1 aliphatic heterocycles. The molecule has 0 saturated carbocycles. The number of methoxy groups -OCH3 is 2. The number of hydrogen-bond donors (Lipinski definition) is 1. The van der Waals surface area contributed by atoms with E-state index in [9.17, 15) is 10.1 Å². The highest BCUT2D eigenvalue weighted by Crippen LogP contribution is 2.25. The van der Waals surface area contributed by atoms with Gasteiger partial charge in [0.2, 0.25) is 0 Å². The number of rotatable bonds is 7. The molecule has 116 valence electrons. The van der Waals surface area contributed by atoms with E-state index in [1.807, 2.05) is 0 Å². The quantitative estimate of drug-likeness (QED) is 0.606. The van der Waals surface area contributed by atoms with Crippen molar-refractivity contribution in [3.8, 4) is 5.75 Å². The van der Waals surface area contributed by atoms with Crippen LogP contribution in [0.2, 0.25) is 0 Å². The number of nitro groups is 1. The lowest BCUT2D eigenvalue weighted by molar-refractivity contribution is -0.384. The summed E-state index contributed by atoms with van der Waals surface area (Å²) in [7, 11) is 3.22. The monoisotopic (exact) mass is 296 g/mol. The van der Waals surface area contributed by atoms with Gasteiger partial charge in [0.25, 0.3) is 5.69 Å². The Morgan fingerprint density at radius 1 is 1.48 bits per heavy atom. The van der Waals surface area contributed by atoms with Crippen molar-refractivity contribution in [1.29, 1.82) is 0 Å².